The predicted octanol–water partition coefficient (Wildman–Crippen LogP) is -1.70. The summed E-state index contributed by atoms with van der Waals surface area (Å²) in [7, 11) is 0. The van der Waals surface area contributed by atoms with Crippen molar-refractivity contribution in [2.24, 2.45) is 23.3 Å². The molecular formula is C20H35N5O8. The molecule has 5 atom stereocenters. The molecule has 0 aliphatic heterocycles. The molecule has 0 aromatic carbocycles. The van der Waals surface area contributed by atoms with E-state index in [9.17, 15) is 28.8 Å². The lowest BCUT2D eigenvalue weighted by Crippen LogP contribution is -2.59. The van der Waals surface area contributed by atoms with Gasteiger partial charge >= 0.3 is 11.9 Å². The van der Waals surface area contributed by atoms with Gasteiger partial charge in [0.25, 0.3) is 0 Å². The van der Waals surface area contributed by atoms with E-state index in [0.29, 0.717) is 6.42 Å². The highest BCUT2D eigenvalue weighted by Crippen LogP contribution is 2.11. The Bertz CT molecular complexity index is 742. The van der Waals surface area contributed by atoms with E-state index in [1.54, 1.807) is 27.7 Å². The number of nitrogens with two attached hydrogens (primary N) is 2. The van der Waals surface area contributed by atoms with Crippen LogP contribution in [0.2, 0.25) is 0 Å². The first kappa shape index (κ1) is 29.8. The van der Waals surface area contributed by atoms with Crippen molar-refractivity contribution in [1.82, 2.24) is 16.0 Å². The standard InChI is InChI=1S/C20H35N5O8/c1-5-10(4)16(19(31)23-12(20(32)33)8-14(27)28)25-18(30)15(9(2)3)24-17(29)11(21)6-7-13(22)26/h9-12,15-16H,5-8,21H2,1-4H3,(H2,22,26)(H,23,31)(H,24,29)(H,25,30)(H,27,28)(H,32,33)/t10-,11-,12-,15-,16-/m0/s1. The van der Waals surface area contributed by atoms with Gasteiger partial charge in [0.2, 0.25) is 23.6 Å². The van der Waals surface area contributed by atoms with Gasteiger partial charge in [-0.1, -0.05) is 34.1 Å². The number of nitrogens with one attached hydrogen (secondary N) is 3. The molecule has 9 N–H and O–H groups in total. The monoisotopic (exact) mass is 473 g/mol. The van der Waals surface area contributed by atoms with Gasteiger partial charge in [-0.2, -0.15) is 0 Å². The van der Waals surface area contributed by atoms with Gasteiger partial charge in [0.1, 0.15) is 18.1 Å². The molecule has 4 amide bonds. The smallest absolute Gasteiger partial charge is 0.326 e. The first-order chi connectivity index (χ1) is 15.2. The summed E-state index contributed by atoms with van der Waals surface area (Å²) in [6.45, 7) is 6.72. The van der Waals surface area contributed by atoms with Crippen molar-refractivity contribution in [3.05, 3.63) is 0 Å². The number of carbonyl (C=O) groups is 6. The van der Waals surface area contributed by atoms with Crippen LogP contribution in [0.15, 0.2) is 0 Å². The summed E-state index contributed by atoms with van der Waals surface area (Å²) >= 11 is 0. The van der Waals surface area contributed by atoms with E-state index in [4.69, 9.17) is 21.7 Å². The maximum atomic E-state index is 12.9. The molecule has 0 aromatic rings. The molecule has 13 nitrogen and oxygen atoms in total. The summed E-state index contributed by atoms with van der Waals surface area (Å²) in [4.78, 5) is 71.0. The topological polar surface area (TPSA) is 231 Å². The summed E-state index contributed by atoms with van der Waals surface area (Å²) in [5.74, 6) is -6.65. The lowest BCUT2D eigenvalue weighted by atomic mass is 9.96. The SMILES string of the molecule is CC[C@H](C)[C@H](NC(=O)[C@@H](NC(=O)[C@@H](N)CCC(N)=O)C(C)C)C(=O)N[C@@H](CC(=O)O)C(=O)O. The third kappa shape index (κ3) is 10.8. The van der Waals surface area contributed by atoms with E-state index in [2.05, 4.69) is 16.0 Å². The van der Waals surface area contributed by atoms with Gasteiger partial charge in [0.05, 0.1) is 12.5 Å². The lowest BCUT2D eigenvalue weighted by molar-refractivity contribution is -0.147. The number of amides is 4. The Labute approximate surface area is 192 Å². The molecule has 0 saturated heterocycles. The molecule has 0 bridgehead atoms. The molecule has 0 fully saturated rings. The van der Waals surface area contributed by atoms with Crippen molar-refractivity contribution in [2.45, 2.75) is 77.5 Å². The van der Waals surface area contributed by atoms with Crippen LogP contribution in [0, 0.1) is 11.8 Å². The fraction of sp³-hybridized carbons (Fsp3) is 0.700. The van der Waals surface area contributed by atoms with Gasteiger partial charge in [-0.05, 0) is 18.3 Å². The summed E-state index contributed by atoms with van der Waals surface area (Å²) in [5.41, 5.74) is 10.8. The highest BCUT2D eigenvalue weighted by Gasteiger charge is 2.34. The average molecular weight is 474 g/mol. The van der Waals surface area contributed by atoms with E-state index in [-0.39, 0.29) is 12.8 Å². The fourth-order valence-electron chi connectivity index (χ4n) is 2.81. The van der Waals surface area contributed by atoms with Crippen LogP contribution in [0.5, 0.6) is 0 Å². The molecule has 0 heterocycles. The molecule has 188 valence electrons. The second kappa shape index (κ2) is 14.0. The van der Waals surface area contributed by atoms with E-state index < -0.39 is 78.0 Å². The third-order valence-electron chi connectivity index (χ3n) is 5.07. The minimum Gasteiger partial charge on any atom is -0.481 e. The lowest BCUT2D eigenvalue weighted by Gasteiger charge is -2.29. The molecule has 0 rings (SSSR count). The van der Waals surface area contributed by atoms with Crippen molar-refractivity contribution in [3.63, 3.8) is 0 Å². The zero-order valence-electron chi connectivity index (χ0n) is 19.3. The second-order valence-corrected chi connectivity index (χ2v) is 8.21. The summed E-state index contributed by atoms with van der Waals surface area (Å²) in [5, 5.41) is 25.2. The van der Waals surface area contributed by atoms with Crippen molar-refractivity contribution in [2.75, 3.05) is 0 Å². The second-order valence-electron chi connectivity index (χ2n) is 8.21. The Hall–Kier alpha value is -3.22. The van der Waals surface area contributed by atoms with Crippen molar-refractivity contribution >= 4 is 35.6 Å². The van der Waals surface area contributed by atoms with Gasteiger partial charge in [0, 0.05) is 6.42 Å². The van der Waals surface area contributed by atoms with Crippen LogP contribution in [-0.4, -0.2) is 69.9 Å². The normalized spacial score (nSPS) is 15.5. The first-order valence-electron chi connectivity index (χ1n) is 10.6. The number of carbonyl (C=O) groups excluding carboxylic acids is 4. The zero-order valence-corrected chi connectivity index (χ0v) is 19.3. The molecule has 13 heteroatoms. The highest BCUT2D eigenvalue weighted by atomic mass is 16.4. The van der Waals surface area contributed by atoms with Crippen LogP contribution < -0.4 is 27.4 Å². The van der Waals surface area contributed by atoms with Crippen LogP contribution in [0.25, 0.3) is 0 Å². The Morgan fingerprint density at radius 1 is 0.848 bits per heavy atom. The van der Waals surface area contributed by atoms with Crippen molar-refractivity contribution < 1.29 is 39.0 Å². The van der Waals surface area contributed by atoms with Crippen LogP contribution >= 0.6 is 0 Å². The highest BCUT2D eigenvalue weighted by molar-refractivity contribution is 5.95. The molecule has 0 aliphatic rings. The molecule has 0 aromatic heterocycles. The fourth-order valence-corrected chi connectivity index (χ4v) is 2.81. The van der Waals surface area contributed by atoms with Gasteiger partial charge in [-0.25, -0.2) is 4.79 Å². The van der Waals surface area contributed by atoms with Crippen molar-refractivity contribution in [3.8, 4) is 0 Å². The Kier molecular flexibility index (Phi) is 12.7. The van der Waals surface area contributed by atoms with Gasteiger partial charge in [0.15, 0.2) is 0 Å². The zero-order chi connectivity index (χ0) is 25.9. The number of hydrogen-bond acceptors (Lipinski definition) is 7. The van der Waals surface area contributed by atoms with Crippen LogP contribution in [-0.2, 0) is 28.8 Å². The summed E-state index contributed by atoms with van der Waals surface area (Å²) in [6.07, 6.45) is -0.516. The van der Waals surface area contributed by atoms with Gasteiger partial charge in [-0.15, -0.1) is 0 Å². The predicted molar refractivity (Wildman–Crippen MR) is 116 cm³/mol. The van der Waals surface area contributed by atoms with Gasteiger partial charge in [-0.3, -0.25) is 24.0 Å². The first-order valence-corrected chi connectivity index (χ1v) is 10.6. The maximum absolute atomic E-state index is 12.9. The quantitative estimate of drug-likeness (QED) is 0.143. The average Bonchev–Trinajstić information content (AvgIpc) is 2.71. The Morgan fingerprint density at radius 2 is 1.36 bits per heavy atom. The number of carboxylic acids is 2. The molecule has 0 radical (unpaired) electrons. The van der Waals surface area contributed by atoms with Crippen molar-refractivity contribution in [1.29, 1.82) is 0 Å². The van der Waals surface area contributed by atoms with Crippen LogP contribution in [0.4, 0.5) is 0 Å². The number of rotatable bonds is 15. The van der Waals surface area contributed by atoms with Crippen LogP contribution in [0.1, 0.15) is 53.4 Å². The van der Waals surface area contributed by atoms with E-state index >= 15 is 0 Å². The number of hydrogen-bond donors (Lipinski definition) is 7. The summed E-state index contributed by atoms with van der Waals surface area (Å²) < 4.78 is 0. The minimum absolute atomic E-state index is 0.00828. The van der Waals surface area contributed by atoms with E-state index in [0.717, 1.165) is 0 Å². The molecule has 0 spiro atoms. The largest absolute Gasteiger partial charge is 0.481 e. The summed E-state index contributed by atoms with van der Waals surface area (Å²) in [6, 6.07) is -5.01. The molecule has 0 saturated carbocycles. The van der Waals surface area contributed by atoms with E-state index in [1.807, 2.05) is 0 Å². The number of aliphatic carboxylic acids is 2. The Balaban J connectivity index is 5.47. The maximum Gasteiger partial charge on any atom is 0.326 e. The minimum atomic E-state index is -1.68. The molecule has 33 heavy (non-hydrogen) atoms. The molecule has 0 aliphatic carbocycles. The molecular weight excluding hydrogens is 438 g/mol. The number of carboxylic acid groups (broad SMARTS) is 2. The third-order valence-corrected chi connectivity index (χ3v) is 5.07. The van der Waals surface area contributed by atoms with Gasteiger partial charge < -0.3 is 37.6 Å². The van der Waals surface area contributed by atoms with Crippen LogP contribution in [0.3, 0.4) is 0 Å². The number of primary amides is 1. The molecule has 0 unspecified atom stereocenters. The van der Waals surface area contributed by atoms with E-state index in [1.165, 1.54) is 0 Å². The Morgan fingerprint density at radius 3 is 1.79 bits per heavy atom.